The van der Waals surface area contributed by atoms with E-state index >= 15 is 0 Å². The Morgan fingerprint density at radius 2 is 1.74 bits per heavy atom. The van der Waals surface area contributed by atoms with Crippen LogP contribution in [0.4, 0.5) is 0 Å². The molecule has 0 saturated carbocycles. The summed E-state index contributed by atoms with van der Waals surface area (Å²) in [6, 6.07) is 19.9. The lowest BCUT2D eigenvalue weighted by molar-refractivity contribution is -0.150. The number of hydrogen-bond acceptors (Lipinski definition) is 7. The van der Waals surface area contributed by atoms with Crippen molar-refractivity contribution in [3.05, 3.63) is 72.2 Å². The quantitative estimate of drug-likeness (QED) is 0.216. The summed E-state index contributed by atoms with van der Waals surface area (Å²) in [6.45, 7) is 3.52. The molecule has 0 aliphatic carbocycles. The molecule has 9 heteroatoms. The number of amides is 1. The van der Waals surface area contributed by atoms with Crippen LogP contribution in [0.3, 0.4) is 0 Å². The van der Waals surface area contributed by atoms with E-state index in [4.69, 9.17) is 19.5 Å². The lowest BCUT2D eigenvalue weighted by atomic mass is 9.94. The number of likely N-dealkylation sites (tertiary alicyclic amines) is 1. The van der Waals surface area contributed by atoms with Gasteiger partial charge in [-0.25, -0.2) is 4.98 Å². The number of imidazole rings is 1. The highest BCUT2D eigenvalue weighted by molar-refractivity contribution is 6.04. The summed E-state index contributed by atoms with van der Waals surface area (Å²) in [5.41, 5.74) is 7.68. The van der Waals surface area contributed by atoms with Crippen LogP contribution >= 0.6 is 0 Å². The third-order valence-corrected chi connectivity index (χ3v) is 9.98. The van der Waals surface area contributed by atoms with Crippen molar-refractivity contribution in [1.29, 1.82) is 0 Å². The van der Waals surface area contributed by atoms with Crippen LogP contribution in [-0.4, -0.2) is 71.9 Å². The van der Waals surface area contributed by atoms with Crippen LogP contribution in [0.15, 0.2) is 65.8 Å². The highest BCUT2D eigenvalue weighted by Crippen LogP contribution is 2.34. The molecule has 238 valence electrons. The highest BCUT2D eigenvalue weighted by atomic mass is 16.5. The van der Waals surface area contributed by atoms with E-state index in [9.17, 15) is 9.59 Å². The molecule has 0 bridgehead atoms. The molecule has 46 heavy (non-hydrogen) atoms. The number of nitrogens with zero attached hydrogens (tertiary/aromatic N) is 3. The van der Waals surface area contributed by atoms with Crippen molar-refractivity contribution in [3.8, 4) is 11.1 Å². The Balaban J connectivity index is 1.05. The molecule has 2 fully saturated rings. The Morgan fingerprint density at radius 3 is 2.50 bits per heavy atom. The maximum Gasteiger partial charge on any atom is 0.306 e. The van der Waals surface area contributed by atoms with Crippen molar-refractivity contribution >= 4 is 45.0 Å². The first-order chi connectivity index (χ1) is 22.4. The number of fused-ring (bicyclic) bond motifs is 2. The summed E-state index contributed by atoms with van der Waals surface area (Å²) in [5, 5.41) is 5.88. The van der Waals surface area contributed by atoms with Crippen LogP contribution in [0, 0.1) is 5.92 Å². The number of aliphatic imine (C=N–C) groups is 1. The Hall–Kier alpha value is -4.34. The van der Waals surface area contributed by atoms with Crippen LogP contribution in [0.2, 0.25) is 0 Å². The zero-order valence-corrected chi connectivity index (χ0v) is 26.7. The van der Waals surface area contributed by atoms with Gasteiger partial charge >= 0.3 is 5.97 Å². The summed E-state index contributed by atoms with van der Waals surface area (Å²) in [5.74, 6) is -0.0445. The van der Waals surface area contributed by atoms with Gasteiger partial charge in [0.25, 0.3) is 0 Å². The molecule has 4 aromatic rings. The normalized spacial score (nSPS) is 21.1. The number of methoxy groups -OCH3 is 2. The van der Waals surface area contributed by atoms with Gasteiger partial charge in [0.05, 0.1) is 48.7 Å². The standard InChI is InChI=1S/C37H41N5O4/c1-22(45-2)29(20-35(43)46-3)37(44)42-15-5-7-34(42)33-19-28(21-39-33)26-11-10-23-16-25(9-8-24(23)17-26)27-12-13-30-32(18-27)41-36(40-30)31-6-4-14-38-31/h8-13,16-18,21-22,29,31,34,38H,4-7,14-15,19-20H2,1-3H3,(H,40,41)/t22-,29+,31+,34?/m1/s1. The van der Waals surface area contributed by atoms with Crippen molar-refractivity contribution in [3.63, 3.8) is 0 Å². The fraction of sp³-hybridized carbons (Fsp3) is 0.405. The second-order valence-corrected chi connectivity index (χ2v) is 12.7. The van der Waals surface area contributed by atoms with Crippen LogP contribution in [0.1, 0.15) is 62.9 Å². The topological polar surface area (TPSA) is 109 Å². The number of esters is 1. The predicted molar refractivity (Wildman–Crippen MR) is 180 cm³/mol. The number of aromatic nitrogens is 2. The van der Waals surface area contributed by atoms with E-state index in [0.717, 1.165) is 65.1 Å². The van der Waals surface area contributed by atoms with E-state index in [-0.39, 0.29) is 18.4 Å². The van der Waals surface area contributed by atoms with E-state index in [1.807, 2.05) is 18.0 Å². The van der Waals surface area contributed by atoms with Gasteiger partial charge in [-0.3, -0.25) is 14.6 Å². The minimum Gasteiger partial charge on any atom is -0.469 e. The van der Waals surface area contributed by atoms with E-state index in [2.05, 4.69) is 64.9 Å². The zero-order chi connectivity index (χ0) is 31.8. The van der Waals surface area contributed by atoms with Crippen molar-refractivity contribution in [2.24, 2.45) is 10.9 Å². The van der Waals surface area contributed by atoms with Crippen LogP contribution < -0.4 is 5.32 Å². The zero-order valence-electron chi connectivity index (χ0n) is 26.7. The van der Waals surface area contributed by atoms with Crippen LogP contribution in [0.25, 0.3) is 38.5 Å². The lowest BCUT2D eigenvalue weighted by Gasteiger charge is -2.31. The van der Waals surface area contributed by atoms with E-state index in [1.54, 1.807) is 7.11 Å². The predicted octanol–water partition coefficient (Wildman–Crippen LogP) is 6.20. The first-order valence-electron chi connectivity index (χ1n) is 16.3. The van der Waals surface area contributed by atoms with Gasteiger partial charge in [-0.1, -0.05) is 30.3 Å². The smallest absolute Gasteiger partial charge is 0.306 e. The molecule has 9 nitrogen and oxygen atoms in total. The van der Waals surface area contributed by atoms with Crippen LogP contribution in [0.5, 0.6) is 0 Å². The van der Waals surface area contributed by atoms with Gasteiger partial charge in [0, 0.05) is 32.0 Å². The van der Waals surface area contributed by atoms with Gasteiger partial charge in [0.2, 0.25) is 5.91 Å². The fourth-order valence-corrected chi connectivity index (χ4v) is 7.22. The summed E-state index contributed by atoms with van der Waals surface area (Å²) in [7, 11) is 2.91. The number of hydrogen-bond donors (Lipinski definition) is 2. The molecule has 1 unspecified atom stereocenters. The number of allylic oxidation sites excluding steroid dienone is 1. The van der Waals surface area contributed by atoms with Crippen molar-refractivity contribution in [2.75, 3.05) is 27.3 Å². The maximum absolute atomic E-state index is 13.7. The SMILES string of the molecule is COC(=O)C[C@H](C(=O)N1CCCC1C1=NC=C(c2ccc3cc(-c4ccc5nc([C@@H]6CCCN6)[nH]c5c4)ccc3c2)C1)[C@@H](C)OC. The number of carbonyl (C=O) groups is 2. The molecule has 3 aliphatic heterocycles. The summed E-state index contributed by atoms with van der Waals surface area (Å²) < 4.78 is 10.3. The molecule has 2 saturated heterocycles. The summed E-state index contributed by atoms with van der Waals surface area (Å²) in [6.07, 6.45) is 6.32. The molecule has 2 N–H and O–H groups in total. The monoisotopic (exact) mass is 619 g/mol. The Bertz CT molecular complexity index is 1850. The maximum atomic E-state index is 13.7. The summed E-state index contributed by atoms with van der Waals surface area (Å²) in [4.78, 5) is 40.8. The van der Waals surface area contributed by atoms with Gasteiger partial charge in [-0.2, -0.15) is 0 Å². The number of ether oxygens (including phenoxy) is 2. The van der Waals surface area contributed by atoms with E-state index in [0.29, 0.717) is 19.0 Å². The highest BCUT2D eigenvalue weighted by Gasteiger charge is 2.39. The molecule has 4 atom stereocenters. The van der Waals surface area contributed by atoms with Crippen molar-refractivity contribution in [1.82, 2.24) is 20.2 Å². The second-order valence-electron chi connectivity index (χ2n) is 12.7. The largest absolute Gasteiger partial charge is 0.469 e. The molecule has 7 rings (SSSR count). The average Bonchev–Trinajstić information content (AvgIpc) is 3.91. The molecule has 1 aromatic heterocycles. The summed E-state index contributed by atoms with van der Waals surface area (Å²) >= 11 is 0. The van der Waals surface area contributed by atoms with E-state index < -0.39 is 18.0 Å². The Labute approximate surface area is 269 Å². The molecule has 0 spiro atoms. The number of H-pyrrole nitrogens is 1. The van der Waals surface area contributed by atoms with Gasteiger partial charge in [0.1, 0.15) is 5.82 Å². The first-order valence-corrected chi connectivity index (χ1v) is 16.3. The molecule has 0 radical (unpaired) electrons. The van der Waals surface area contributed by atoms with Crippen LogP contribution in [-0.2, 0) is 19.1 Å². The van der Waals surface area contributed by atoms with Gasteiger partial charge in [-0.05, 0) is 96.5 Å². The average molecular weight is 620 g/mol. The van der Waals surface area contributed by atoms with E-state index in [1.165, 1.54) is 29.9 Å². The fourth-order valence-electron chi connectivity index (χ4n) is 7.22. The third-order valence-electron chi connectivity index (χ3n) is 9.98. The number of carbonyl (C=O) groups excluding carboxylic acids is 2. The number of aromatic amines is 1. The first kappa shape index (κ1) is 30.3. The molecular weight excluding hydrogens is 578 g/mol. The molecule has 1 amide bonds. The number of nitrogens with one attached hydrogen (secondary N) is 2. The van der Waals surface area contributed by atoms with Gasteiger partial charge < -0.3 is 24.7 Å². The third kappa shape index (κ3) is 5.85. The Kier molecular flexibility index (Phi) is 8.44. The number of rotatable bonds is 9. The molecule has 3 aliphatic rings. The Morgan fingerprint density at radius 1 is 0.978 bits per heavy atom. The van der Waals surface area contributed by atoms with Gasteiger partial charge in [-0.15, -0.1) is 0 Å². The van der Waals surface area contributed by atoms with Crippen molar-refractivity contribution < 1.29 is 19.1 Å². The second kappa shape index (κ2) is 12.8. The van der Waals surface area contributed by atoms with Crippen molar-refractivity contribution in [2.45, 2.75) is 63.6 Å². The molecule has 4 heterocycles. The minimum absolute atomic E-state index is 0.000812. The number of benzene rings is 3. The molecule has 3 aromatic carbocycles. The minimum atomic E-state index is -0.592. The van der Waals surface area contributed by atoms with Gasteiger partial charge in [0.15, 0.2) is 0 Å². The molecular formula is C37H41N5O4. The lowest BCUT2D eigenvalue weighted by Crippen LogP contribution is -2.46.